The molecule has 1 aromatic rings. The van der Waals surface area contributed by atoms with E-state index in [2.05, 4.69) is 4.98 Å². The zero-order valence-electron chi connectivity index (χ0n) is 12.1. The van der Waals surface area contributed by atoms with E-state index >= 15 is 0 Å². The van der Waals surface area contributed by atoms with Crippen molar-refractivity contribution >= 4 is 0 Å². The minimum Gasteiger partial charge on any atom is -0.488 e. The van der Waals surface area contributed by atoms with Crippen molar-refractivity contribution in [2.45, 2.75) is 31.8 Å². The van der Waals surface area contributed by atoms with E-state index in [1.54, 1.807) is 18.3 Å². The molecule has 0 radical (unpaired) electrons. The molecule has 1 spiro atoms. The summed E-state index contributed by atoms with van der Waals surface area (Å²) in [5, 5.41) is 8.99. The number of rotatable bonds is 3. The van der Waals surface area contributed by atoms with E-state index < -0.39 is 0 Å². The maximum atomic E-state index is 8.99. The van der Waals surface area contributed by atoms with Crippen molar-refractivity contribution in [2.75, 3.05) is 26.4 Å². The Morgan fingerprint density at radius 3 is 2.95 bits per heavy atom. The van der Waals surface area contributed by atoms with Gasteiger partial charge in [-0.1, -0.05) is 0 Å². The predicted octanol–water partition coefficient (Wildman–Crippen LogP) is 2.31. The van der Waals surface area contributed by atoms with Gasteiger partial charge in [-0.15, -0.1) is 0 Å². The van der Waals surface area contributed by atoms with Gasteiger partial charge < -0.3 is 14.2 Å². The van der Waals surface area contributed by atoms with Crippen molar-refractivity contribution in [1.29, 1.82) is 5.26 Å². The topological polar surface area (TPSA) is 64.4 Å². The summed E-state index contributed by atoms with van der Waals surface area (Å²) in [5.41, 5.74) is 0.648. The van der Waals surface area contributed by atoms with Crippen molar-refractivity contribution in [3.63, 3.8) is 0 Å². The van der Waals surface area contributed by atoms with Gasteiger partial charge in [0, 0.05) is 19.4 Å². The molecule has 0 saturated carbocycles. The number of hydrogen-bond acceptors (Lipinski definition) is 5. The highest BCUT2D eigenvalue weighted by Gasteiger charge is 2.37. The minimum absolute atomic E-state index is 0.102. The largest absolute Gasteiger partial charge is 0.488 e. The summed E-state index contributed by atoms with van der Waals surface area (Å²) in [7, 11) is 0. The van der Waals surface area contributed by atoms with Crippen LogP contribution >= 0.6 is 0 Å². The molecule has 2 aliphatic rings. The molecule has 1 atom stereocenters. The highest BCUT2D eigenvalue weighted by Crippen LogP contribution is 2.39. The first-order valence-corrected chi connectivity index (χ1v) is 7.49. The van der Waals surface area contributed by atoms with Crippen LogP contribution in [0.3, 0.4) is 0 Å². The molecule has 21 heavy (non-hydrogen) atoms. The molecular weight excluding hydrogens is 268 g/mol. The Bertz CT molecular complexity index is 510. The summed E-state index contributed by atoms with van der Waals surface area (Å²) in [5.74, 6) is 0.537. The van der Waals surface area contributed by atoms with Gasteiger partial charge in [-0.2, -0.15) is 5.26 Å². The molecule has 1 unspecified atom stereocenters. The quantitative estimate of drug-likeness (QED) is 0.854. The summed E-state index contributed by atoms with van der Waals surface area (Å²) in [6, 6.07) is 5.58. The van der Waals surface area contributed by atoms with Crippen LogP contribution in [0.4, 0.5) is 0 Å². The van der Waals surface area contributed by atoms with Crippen LogP contribution in [-0.2, 0) is 9.47 Å². The van der Waals surface area contributed by atoms with Crippen LogP contribution in [0, 0.1) is 16.7 Å². The molecule has 0 aliphatic carbocycles. The summed E-state index contributed by atoms with van der Waals surface area (Å²) < 4.78 is 17.1. The first-order valence-electron chi connectivity index (χ1n) is 7.49. The lowest BCUT2D eigenvalue weighted by Gasteiger charge is -2.42. The zero-order chi connectivity index (χ0) is 14.5. The van der Waals surface area contributed by atoms with Crippen LogP contribution in [-0.4, -0.2) is 37.5 Å². The average Bonchev–Trinajstić information content (AvgIpc) is 2.55. The molecule has 0 N–H and O–H groups in total. The Labute approximate surface area is 124 Å². The third kappa shape index (κ3) is 3.34. The Balaban J connectivity index is 1.50. The maximum Gasteiger partial charge on any atom is 0.182 e. The second kappa shape index (κ2) is 6.42. The molecule has 3 heterocycles. The molecule has 2 saturated heterocycles. The SMILES string of the molecule is N#Cc1ncccc1OCC1CCC2(CCOCC2)CO1. The van der Waals surface area contributed by atoms with Gasteiger partial charge in [-0.3, -0.25) is 0 Å². The number of hydrogen-bond donors (Lipinski definition) is 0. The van der Waals surface area contributed by atoms with Gasteiger partial charge in [-0.25, -0.2) is 4.98 Å². The van der Waals surface area contributed by atoms with Crippen molar-refractivity contribution in [2.24, 2.45) is 5.41 Å². The summed E-state index contributed by atoms with van der Waals surface area (Å²) in [6.07, 6.45) is 6.07. The smallest absolute Gasteiger partial charge is 0.182 e. The molecule has 5 nitrogen and oxygen atoms in total. The van der Waals surface area contributed by atoms with E-state index in [9.17, 15) is 0 Å². The Kier molecular flexibility index (Phi) is 4.37. The molecular formula is C16H20N2O3. The monoisotopic (exact) mass is 288 g/mol. The fraction of sp³-hybridized carbons (Fsp3) is 0.625. The predicted molar refractivity (Wildman–Crippen MR) is 75.9 cm³/mol. The fourth-order valence-electron chi connectivity index (χ4n) is 3.02. The molecule has 5 heteroatoms. The van der Waals surface area contributed by atoms with Crippen LogP contribution in [0.1, 0.15) is 31.4 Å². The highest BCUT2D eigenvalue weighted by molar-refractivity contribution is 5.36. The number of ether oxygens (including phenoxy) is 3. The molecule has 2 fully saturated rings. The van der Waals surface area contributed by atoms with Crippen molar-refractivity contribution in [3.05, 3.63) is 24.0 Å². The fourth-order valence-corrected chi connectivity index (χ4v) is 3.02. The Morgan fingerprint density at radius 2 is 2.24 bits per heavy atom. The minimum atomic E-state index is 0.102. The summed E-state index contributed by atoms with van der Waals surface area (Å²) >= 11 is 0. The van der Waals surface area contributed by atoms with Crippen molar-refractivity contribution in [3.8, 4) is 11.8 Å². The Morgan fingerprint density at radius 1 is 1.38 bits per heavy atom. The molecule has 1 aromatic heterocycles. The zero-order valence-corrected chi connectivity index (χ0v) is 12.1. The molecule has 112 valence electrons. The molecule has 0 amide bonds. The van der Waals surface area contributed by atoms with Gasteiger partial charge in [-0.05, 0) is 43.2 Å². The van der Waals surface area contributed by atoms with E-state index in [1.165, 1.54) is 6.42 Å². The second-order valence-corrected chi connectivity index (χ2v) is 5.86. The van der Waals surface area contributed by atoms with Crippen LogP contribution in [0.5, 0.6) is 5.75 Å². The van der Waals surface area contributed by atoms with Gasteiger partial charge in [0.2, 0.25) is 0 Å². The van der Waals surface area contributed by atoms with E-state index in [0.29, 0.717) is 23.5 Å². The Hall–Kier alpha value is -1.64. The lowest BCUT2D eigenvalue weighted by Crippen LogP contribution is -2.41. The maximum absolute atomic E-state index is 8.99. The van der Waals surface area contributed by atoms with Crippen LogP contribution in [0.25, 0.3) is 0 Å². The van der Waals surface area contributed by atoms with Gasteiger partial charge in [0.05, 0.1) is 12.7 Å². The number of pyridine rings is 1. The van der Waals surface area contributed by atoms with Gasteiger partial charge in [0.1, 0.15) is 12.7 Å². The third-order valence-electron chi connectivity index (χ3n) is 4.48. The number of nitriles is 1. The molecule has 2 aliphatic heterocycles. The molecule has 0 aromatic carbocycles. The average molecular weight is 288 g/mol. The van der Waals surface area contributed by atoms with E-state index in [0.717, 1.165) is 39.1 Å². The first-order chi connectivity index (χ1) is 10.3. The molecule has 0 bridgehead atoms. The summed E-state index contributed by atoms with van der Waals surface area (Å²) in [4.78, 5) is 3.99. The normalized spacial score (nSPS) is 24.4. The van der Waals surface area contributed by atoms with Crippen LogP contribution < -0.4 is 4.74 Å². The summed E-state index contributed by atoms with van der Waals surface area (Å²) in [6.45, 7) is 2.98. The van der Waals surface area contributed by atoms with Gasteiger partial charge in [0.25, 0.3) is 0 Å². The van der Waals surface area contributed by atoms with Crippen LogP contribution in [0.2, 0.25) is 0 Å². The van der Waals surface area contributed by atoms with E-state index in [1.807, 2.05) is 6.07 Å². The highest BCUT2D eigenvalue weighted by atomic mass is 16.5. The lowest BCUT2D eigenvalue weighted by atomic mass is 9.75. The number of aromatic nitrogens is 1. The standard InChI is InChI=1S/C16H20N2O3/c17-10-14-15(2-1-7-18-14)20-11-13-3-4-16(12-21-13)5-8-19-9-6-16/h1-2,7,13H,3-6,8-9,11-12H2. The van der Waals surface area contributed by atoms with E-state index in [-0.39, 0.29) is 6.10 Å². The number of nitrogens with zero attached hydrogens (tertiary/aromatic N) is 2. The van der Waals surface area contributed by atoms with Crippen molar-refractivity contribution < 1.29 is 14.2 Å². The van der Waals surface area contributed by atoms with Crippen LogP contribution in [0.15, 0.2) is 18.3 Å². The van der Waals surface area contributed by atoms with E-state index in [4.69, 9.17) is 19.5 Å². The lowest BCUT2D eigenvalue weighted by molar-refractivity contribution is -0.113. The van der Waals surface area contributed by atoms with Gasteiger partial charge >= 0.3 is 0 Å². The second-order valence-electron chi connectivity index (χ2n) is 5.86. The third-order valence-corrected chi connectivity index (χ3v) is 4.48. The van der Waals surface area contributed by atoms with Crippen molar-refractivity contribution in [1.82, 2.24) is 4.98 Å². The first kappa shape index (κ1) is 14.3. The van der Waals surface area contributed by atoms with Gasteiger partial charge in [0.15, 0.2) is 11.4 Å². The molecule has 3 rings (SSSR count).